The van der Waals surface area contributed by atoms with Crippen molar-refractivity contribution in [1.29, 1.82) is 0 Å². The van der Waals surface area contributed by atoms with Crippen molar-refractivity contribution in [3.05, 3.63) is 106 Å². The summed E-state index contributed by atoms with van der Waals surface area (Å²) in [6.45, 7) is 0. The number of nitrogens with one attached hydrogen (secondary N) is 2. The molecular formula is C28H27N3O4. The van der Waals surface area contributed by atoms with Crippen molar-refractivity contribution in [1.82, 2.24) is 5.32 Å². The standard InChI is InChI=1S/C28H27N3O4/c32-27(29-22-13-5-2-6-14-22)24-16-7-8-17-26(24)30-28(33)25(21-11-3-1-4-12-21)19-20-10-9-15-23(18-20)31(34)35/h1,3-4,7-12,15-19,22H,2,5-6,13-14H2,(H,29,32)(H,30,33)/b25-19+. The van der Waals surface area contributed by atoms with E-state index in [4.69, 9.17) is 0 Å². The van der Waals surface area contributed by atoms with Crippen LogP contribution in [-0.2, 0) is 4.79 Å². The zero-order valence-corrected chi connectivity index (χ0v) is 19.3. The lowest BCUT2D eigenvalue weighted by Crippen LogP contribution is -2.36. The predicted molar refractivity (Wildman–Crippen MR) is 137 cm³/mol. The minimum absolute atomic E-state index is 0.0590. The number of hydrogen-bond acceptors (Lipinski definition) is 4. The number of nitrogens with zero attached hydrogens (tertiary/aromatic N) is 1. The smallest absolute Gasteiger partial charge is 0.270 e. The fourth-order valence-corrected chi connectivity index (χ4v) is 4.28. The number of carbonyl (C=O) groups is 2. The summed E-state index contributed by atoms with van der Waals surface area (Å²) in [6, 6.07) is 22.2. The number of non-ortho nitro benzene ring substituents is 1. The van der Waals surface area contributed by atoms with E-state index in [1.807, 2.05) is 18.2 Å². The van der Waals surface area contributed by atoms with Gasteiger partial charge in [0.15, 0.2) is 0 Å². The van der Waals surface area contributed by atoms with Crippen LogP contribution in [0, 0.1) is 10.1 Å². The Morgan fingerprint density at radius 2 is 1.60 bits per heavy atom. The number of amides is 2. The van der Waals surface area contributed by atoms with E-state index in [0.29, 0.717) is 28.0 Å². The average molecular weight is 470 g/mol. The largest absolute Gasteiger partial charge is 0.349 e. The van der Waals surface area contributed by atoms with Gasteiger partial charge in [-0.15, -0.1) is 0 Å². The molecule has 2 N–H and O–H groups in total. The van der Waals surface area contributed by atoms with Crippen LogP contribution in [0.1, 0.15) is 53.6 Å². The van der Waals surface area contributed by atoms with Crippen molar-refractivity contribution in [2.24, 2.45) is 0 Å². The SMILES string of the molecule is O=C(Nc1ccccc1C(=O)NC1CCCCC1)/C(=C/c1cccc([N+](=O)[O-])c1)c1ccccc1. The molecule has 2 amide bonds. The second kappa shape index (κ2) is 11.2. The van der Waals surface area contributed by atoms with Gasteiger partial charge < -0.3 is 10.6 Å². The highest BCUT2D eigenvalue weighted by Crippen LogP contribution is 2.25. The lowest BCUT2D eigenvalue weighted by atomic mass is 9.95. The molecule has 0 spiro atoms. The summed E-state index contributed by atoms with van der Waals surface area (Å²) in [6.07, 6.45) is 6.94. The van der Waals surface area contributed by atoms with Gasteiger partial charge in [-0.25, -0.2) is 0 Å². The maximum Gasteiger partial charge on any atom is 0.270 e. The van der Waals surface area contributed by atoms with Gasteiger partial charge in [0.25, 0.3) is 17.5 Å². The topological polar surface area (TPSA) is 101 Å². The summed E-state index contributed by atoms with van der Waals surface area (Å²) in [5.74, 6) is -0.627. The Hall–Kier alpha value is -4.26. The first-order valence-electron chi connectivity index (χ1n) is 11.7. The molecule has 7 heteroatoms. The number of nitro benzene ring substituents is 1. The zero-order chi connectivity index (χ0) is 24.6. The molecule has 0 heterocycles. The third-order valence-electron chi connectivity index (χ3n) is 6.08. The van der Waals surface area contributed by atoms with E-state index in [9.17, 15) is 19.7 Å². The minimum atomic E-state index is -0.471. The van der Waals surface area contributed by atoms with Gasteiger partial charge >= 0.3 is 0 Å². The van der Waals surface area contributed by atoms with Crippen LogP contribution in [0.25, 0.3) is 11.6 Å². The van der Waals surface area contributed by atoms with E-state index in [1.165, 1.54) is 18.6 Å². The Morgan fingerprint density at radius 3 is 2.34 bits per heavy atom. The van der Waals surface area contributed by atoms with Gasteiger partial charge in [-0.05, 0) is 42.2 Å². The zero-order valence-electron chi connectivity index (χ0n) is 19.3. The van der Waals surface area contributed by atoms with E-state index < -0.39 is 10.8 Å². The van der Waals surface area contributed by atoms with Crippen LogP contribution in [0.2, 0.25) is 0 Å². The van der Waals surface area contributed by atoms with Crippen LogP contribution in [0.3, 0.4) is 0 Å². The maximum absolute atomic E-state index is 13.5. The summed E-state index contributed by atoms with van der Waals surface area (Å²) in [4.78, 5) is 37.2. The molecule has 0 saturated heterocycles. The van der Waals surface area contributed by atoms with E-state index in [1.54, 1.807) is 54.6 Å². The van der Waals surface area contributed by atoms with Crippen molar-refractivity contribution >= 4 is 34.8 Å². The Kier molecular flexibility index (Phi) is 7.67. The van der Waals surface area contributed by atoms with Crippen LogP contribution in [0.15, 0.2) is 78.9 Å². The Morgan fingerprint density at radius 1 is 0.886 bits per heavy atom. The van der Waals surface area contributed by atoms with Crippen LogP contribution in [-0.4, -0.2) is 22.8 Å². The number of carbonyl (C=O) groups excluding carboxylic acids is 2. The molecule has 0 atom stereocenters. The molecule has 0 bridgehead atoms. The van der Waals surface area contributed by atoms with Crippen molar-refractivity contribution in [3.63, 3.8) is 0 Å². The molecule has 0 aromatic heterocycles. The number of para-hydroxylation sites is 1. The molecule has 3 aromatic rings. The van der Waals surface area contributed by atoms with Gasteiger partial charge in [-0.2, -0.15) is 0 Å². The van der Waals surface area contributed by atoms with Gasteiger partial charge in [-0.3, -0.25) is 19.7 Å². The predicted octanol–water partition coefficient (Wildman–Crippen LogP) is 5.84. The first-order valence-corrected chi connectivity index (χ1v) is 11.7. The molecule has 1 fully saturated rings. The third kappa shape index (κ3) is 6.20. The second-order valence-electron chi connectivity index (χ2n) is 8.58. The molecule has 1 saturated carbocycles. The number of nitro groups is 1. The number of hydrogen-bond donors (Lipinski definition) is 2. The van der Waals surface area contributed by atoms with Crippen molar-refractivity contribution in [2.75, 3.05) is 5.32 Å². The first-order chi connectivity index (χ1) is 17.0. The van der Waals surface area contributed by atoms with Gasteiger partial charge in [0.1, 0.15) is 0 Å². The van der Waals surface area contributed by atoms with Crippen molar-refractivity contribution < 1.29 is 14.5 Å². The highest BCUT2D eigenvalue weighted by atomic mass is 16.6. The molecule has 1 aliphatic rings. The number of anilines is 1. The first kappa shape index (κ1) is 23.9. The maximum atomic E-state index is 13.5. The van der Waals surface area contributed by atoms with E-state index in [2.05, 4.69) is 10.6 Å². The van der Waals surface area contributed by atoms with Gasteiger partial charge in [0.05, 0.1) is 16.2 Å². The van der Waals surface area contributed by atoms with E-state index in [0.717, 1.165) is 25.7 Å². The lowest BCUT2D eigenvalue weighted by Gasteiger charge is -2.23. The van der Waals surface area contributed by atoms with Crippen molar-refractivity contribution in [2.45, 2.75) is 38.1 Å². The summed E-state index contributed by atoms with van der Waals surface area (Å²) in [5, 5.41) is 17.2. The van der Waals surface area contributed by atoms with Gasteiger partial charge in [0.2, 0.25) is 0 Å². The molecule has 0 unspecified atom stereocenters. The average Bonchev–Trinajstić information content (AvgIpc) is 2.88. The fraction of sp³-hybridized carbons (Fsp3) is 0.214. The molecule has 3 aromatic carbocycles. The highest BCUT2D eigenvalue weighted by molar-refractivity contribution is 6.29. The second-order valence-corrected chi connectivity index (χ2v) is 8.58. The minimum Gasteiger partial charge on any atom is -0.349 e. The quantitative estimate of drug-likeness (QED) is 0.196. The molecule has 4 rings (SSSR count). The van der Waals surface area contributed by atoms with Crippen molar-refractivity contribution in [3.8, 4) is 0 Å². The Labute approximate surface area is 204 Å². The summed E-state index contributed by atoms with van der Waals surface area (Å²) < 4.78 is 0. The van der Waals surface area contributed by atoms with E-state index in [-0.39, 0.29) is 17.6 Å². The Balaban J connectivity index is 1.62. The van der Waals surface area contributed by atoms with Crippen LogP contribution < -0.4 is 10.6 Å². The number of benzene rings is 3. The molecule has 0 radical (unpaired) electrons. The summed E-state index contributed by atoms with van der Waals surface area (Å²) in [7, 11) is 0. The summed E-state index contributed by atoms with van der Waals surface area (Å²) >= 11 is 0. The monoisotopic (exact) mass is 469 g/mol. The lowest BCUT2D eigenvalue weighted by molar-refractivity contribution is -0.384. The van der Waals surface area contributed by atoms with Gasteiger partial charge in [-0.1, -0.05) is 73.9 Å². The van der Waals surface area contributed by atoms with Crippen LogP contribution in [0.4, 0.5) is 11.4 Å². The Bertz CT molecular complexity index is 1250. The molecule has 7 nitrogen and oxygen atoms in total. The normalized spacial score (nSPS) is 14.2. The van der Waals surface area contributed by atoms with Gasteiger partial charge in [0, 0.05) is 23.7 Å². The highest BCUT2D eigenvalue weighted by Gasteiger charge is 2.20. The molecule has 35 heavy (non-hydrogen) atoms. The number of rotatable bonds is 7. The van der Waals surface area contributed by atoms with E-state index >= 15 is 0 Å². The molecule has 1 aliphatic carbocycles. The molecule has 0 aliphatic heterocycles. The molecule has 178 valence electrons. The fourth-order valence-electron chi connectivity index (χ4n) is 4.28. The molecular weight excluding hydrogens is 442 g/mol. The summed E-state index contributed by atoms with van der Waals surface area (Å²) in [5.41, 5.74) is 2.25. The van der Waals surface area contributed by atoms with Crippen LogP contribution >= 0.6 is 0 Å². The third-order valence-corrected chi connectivity index (χ3v) is 6.08. The van der Waals surface area contributed by atoms with Crippen LogP contribution in [0.5, 0.6) is 0 Å².